The maximum Gasteiger partial charge on any atom is 0.225 e. The molecule has 0 saturated carbocycles. The fourth-order valence-electron chi connectivity index (χ4n) is 3.06. The van der Waals surface area contributed by atoms with Crippen LogP contribution in [-0.2, 0) is 4.79 Å². The molecule has 2 aromatic carbocycles. The van der Waals surface area contributed by atoms with Crippen LogP contribution in [0.5, 0.6) is 11.5 Å². The molecular formula is C17H13Cl2NO3. The highest BCUT2D eigenvalue weighted by Crippen LogP contribution is 2.45. The lowest BCUT2D eigenvalue weighted by Crippen LogP contribution is -2.25. The van der Waals surface area contributed by atoms with Gasteiger partial charge in [-0.05, 0) is 29.3 Å². The van der Waals surface area contributed by atoms with Gasteiger partial charge in [-0.2, -0.15) is 0 Å². The minimum atomic E-state index is -0.139. The first-order valence-electron chi connectivity index (χ1n) is 7.30. The number of nitrogens with one attached hydrogen (secondary N) is 1. The summed E-state index contributed by atoms with van der Waals surface area (Å²) in [5.74, 6) is 1.16. The number of ether oxygens (including phenoxy) is 2. The van der Waals surface area contributed by atoms with Gasteiger partial charge in [0.25, 0.3) is 0 Å². The zero-order chi connectivity index (χ0) is 16.0. The van der Waals surface area contributed by atoms with E-state index in [0.29, 0.717) is 41.2 Å². The second kappa shape index (κ2) is 5.62. The van der Waals surface area contributed by atoms with Crippen LogP contribution in [0.3, 0.4) is 0 Å². The second-order valence-corrected chi connectivity index (χ2v) is 6.40. The summed E-state index contributed by atoms with van der Waals surface area (Å²) in [4.78, 5) is 12.1. The van der Waals surface area contributed by atoms with Crippen LogP contribution >= 0.6 is 23.2 Å². The predicted octanol–water partition coefficient (Wildman–Crippen LogP) is 4.24. The molecule has 0 fully saturated rings. The van der Waals surface area contributed by atoms with Gasteiger partial charge in [0.05, 0.1) is 0 Å². The Morgan fingerprint density at radius 3 is 2.48 bits per heavy atom. The molecule has 1 unspecified atom stereocenters. The topological polar surface area (TPSA) is 47.6 Å². The van der Waals surface area contributed by atoms with Crippen molar-refractivity contribution in [1.82, 2.24) is 0 Å². The van der Waals surface area contributed by atoms with Crippen LogP contribution in [0, 0.1) is 0 Å². The number of amides is 1. The molecule has 1 atom stereocenters. The molecule has 2 heterocycles. The number of fused-ring (bicyclic) bond motifs is 2. The van der Waals surface area contributed by atoms with Gasteiger partial charge in [-0.15, -0.1) is 0 Å². The molecule has 2 aliphatic rings. The SMILES string of the molecule is O=C1CC(c2ccc(Cl)cc2Cl)c2cc3c(cc2N1)OCCO3. The average molecular weight is 350 g/mol. The van der Waals surface area contributed by atoms with E-state index in [-0.39, 0.29) is 11.8 Å². The molecule has 4 nitrogen and oxygen atoms in total. The van der Waals surface area contributed by atoms with Crippen LogP contribution in [-0.4, -0.2) is 19.1 Å². The molecule has 6 heteroatoms. The molecule has 1 N–H and O–H groups in total. The van der Waals surface area contributed by atoms with Crippen LogP contribution in [0.25, 0.3) is 0 Å². The van der Waals surface area contributed by atoms with Gasteiger partial charge in [-0.3, -0.25) is 4.79 Å². The summed E-state index contributed by atoms with van der Waals surface area (Å²) >= 11 is 12.3. The Labute approximate surface area is 143 Å². The van der Waals surface area contributed by atoms with Crippen LogP contribution < -0.4 is 14.8 Å². The number of hydrogen-bond donors (Lipinski definition) is 1. The van der Waals surface area contributed by atoms with Crippen LogP contribution in [0.15, 0.2) is 30.3 Å². The maximum atomic E-state index is 12.1. The lowest BCUT2D eigenvalue weighted by Gasteiger charge is -2.29. The van der Waals surface area contributed by atoms with Crippen molar-refractivity contribution in [2.24, 2.45) is 0 Å². The minimum absolute atomic E-state index is 0.0507. The lowest BCUT2D eigenvalue weighted by molar-refractivity contribution is -0.116. The van der Waals surface area contributed by atoms with Gasteiger partial charge in [0.15, 0.2) is 11.5 Å². The summed E-state index contributed by atoms with van der Waals surface area (Å²) in [6.45, 7) is 1.02. The van der Waals surface area contributed by atoms with Crippen LogP contribution in [0.4, 0.5) is 5.69 Å². The van der Waals surface area contributed by atoms with Gasteiger partial charge >= 0.3 is 0 Å². The van der Waals surface area contributed by atoms with Crippen molar-refractivity contribution < 1.29 is 14.3 Å². The molecule has 118 valence electrons. The van der Waals surface area contributed by atoms with Crippen LogP contribution in [0.1, 0.15) is 23.5 Å². The van der Waals surface area contributed by atoms with Crippen molar-refractivity contribution in [2.75, 3.05) is 18.5 Å². The molecule has 0 radical (unpaired) electrons. The second-order valence-electron chi connectivity index (χ2n) is 5.55. The predicted molar refractivity (Wildman–Crippen MR) is 89.0 cm³/mol. The summed E-state index contributed by atoms with van der Waals surface area (Å²) < 4.78 is 11.2. The first-order chi connectivity index (χ1) is 11.1. The molecule has 0 spiro atoms. The largest absolute Gasteiger partial charge is 0.486 e. The first kappa shape index (κ1) is 14.7. The maximum absolute atomic E-state index is 12.1. The van der Waals surface area contributed by atoms with E-state index >= 15 is 0 Å². The number of anilines is 1. The third kappa shape index (κ3) is 2.62. The summed E-state index contributed by atoms with van der Waals surface area (Å²) in [6, 6.07) is 9.10. The van der Waals surface area contributed by atoms with Crippen molar-refractivity contribution in [3.63, 3.8) is 0 Å². The van der Waals surface area contributed by atoms with Gasteiger partial charge in [-0.25, -0.2) is 0 Å². The van der Waals surface area contributed by atoms with Crippen LogP contribution in [0.2, 0.25) is 10.0 Å². The quantitative estimate of drug-likeness (QED) is 0.837. The first-order valence-corrected chi connectivity index (χ1v) is 8.06. The molecule has 2 aliphatic heterocycles. The van der Waals surface area contributed by atoms with Gasteiger partial charge in [0.1, 0.15) is 13.2 Å². The highest BCUT2D eigenvalue weighted by molar-refractivity contribution is 6.35. The van der Waals surface area contributed by atoms with Gasteiger partial charge in [-0.1, -0.05) is 29.3 Å². The van der Waals surface area contributed by atoms with E-state index < -0.39 is 0 Å². The number of benzene rings is 2. The molecule has 0 aromatic heterocycles. The van der Waals surface area contributed by atoms with Crippen molar-refractivity contribution in [3.8, 4) is 11.5 Å². The van der Waals surface area contributed by atoms with Crippen molar-refractivity contribution in [3.05, 3.63) is 51.5 Å². The van der Waals surface area contributed by atoms with Crippen molar-refractivity contribution in [1.29, 1.82) is 0 Å². The molecule has 4 rings (SSSR count). The third-order valence-corrected chi connectivity index (χ3v) is 4.65. The van der Waals surface area contributed by atoms with Gasteiger partial charge in [0, 0.05) is 34.1 Å². The Balaban J connectivity index is 1.85. The Hall–Kier alpha value is -1.91. The third-order valence-electron chi connectivity index (χ3n) is 4.09. The van der Waals surface area contributed by atoms with E-state index in [1.165, 1.54) is 0 Å². The van der Waals surface area contributed by atoms with E-state index in [2.05, 4.69) is 5.32 Å². The zero-order valence-electron chi connectivity index (χ0n) is 12.1. The summed E-state index contributed by atoms with van der Waals surface area (Å²) in [6.07, 6.45) is 0.327. The summed E-state index contributed by atoms with van der Waals surface area (Å²) in [5, 5.41) is 4.02. The molecule has 0 bridgehead atoms. The Morgan fingerprint density at radius 1 is 1.00 bits per heavy atom. The highest BCUT2D eigenvalue weighted by atomic mass is 35.5. The summed E-state index contributed by atoms with van der Waals surface area (Å²) in [5.41, 5.74) is 2.59. The molecule has 2 aromatic rings. The van der Waals surface area contributed by atoms with E-state index in [1.54, 1.807) is 12.1 Å². The standard InChI is InChI=1S/C17H13Cl2NO3/c18-9-1-2-10(13(19)5-9)11-7-17(21)20-14-8-16-15(6-12(11)14)22-3-4-23-16/h1-2,5-6,8,11H,3-4,7H2,(H,20,21). The number of hydrogen-bond acceptors (Lipinski definition) is 3. The molecule has 1 amide bonds. The van der Waals surface area contributed by atoms with E-state index in [0.717, 1.165) is 16.8 Å². The van der Waals surface area contributed by atoms with Crippen molar-refractivity contribution in [2.45, 2.75) is 12.3 Å². The smallest absolute Gasteiger partial charge is 0.225 e. The van der Waals surface area contributed by atoms with E-state index in [1.807, 2.05) is 18.2 Å². The monoisotopic (exact) mass is 349 g/mol. The Kier molecular flexibility index (Phi) is 3.58. The Morgan fingerprint density at radius 2 is 1.74 bits per heavy atom. The normalized spacial score (nSPS) is 19.0. The van der Waals surface area contributed by atoms with Crippen molar-refractivity contribution >= 4 is 34.8 Å². The Bertz CT molecular complexity index is 807. The van der Waals surface area contributed by atoms with E-state index in [9.17, 15) is 4.79 Å². The average Bonchev–Trinajstić information content (AvgIpc) is 2.52. The molecule has 23 heavy (non-hydrogen) atoms. The fraction of sp³-hybridized carbons (Fsp3) is 0.235. The fourth-order valence-corrected chi connectivity index (χ4v) is 3.60. The summed E-state index contributed by atoms with van der Waals surface area (Å²) in [7, 11) is 0. The minimum Gasteiger partial charge on any atom is -0.486 e. The van der Waals surface area contributed by atoms with E-state index in [4.69, 9.17) is 32.7 Å². The number of rotatable bonds is 1. The van der Waals surface area contributed by atoms with Gasteiger partial charge < -0.3 is 14.8 Å². The number of halogens is 2. The van der Waals surface area contributed by atoms with Gasteiger partial charge in [0.2, 0.25) is 5.91 Å². The number of carbonyl (C=O) groups excluding carboxylic acids is 1. The zero-order valence-corrected chi connectivity index (χ0v) is 13.6. The molecule has 0 saturated heterocycles. The lowest BCUT2D eigenvalue weighted by atomic mass is 9.84. The molecular weight excluding hydrogens is 337 g/mol. The highest BCUT2D eigenvalue weighted by Gasteiger charge is 2.30. The molecule has 0 aliphatic carbocycles. The number of carbonyl (C=O) groups is 1.